The van der Waals surface area contributed by atoms with Gasteiger partial charge in [-0.2, -0.15) is 0 Å². The van der Waals surface area contributed by atoms with Gasteiger partial charge in [0.05, 0.1) is 0 Å². The second-order valence-electron chi connectivity index (χ2n) is 3.74. The molecular weight excluding hydrogens is 219 g/mol. The molecule has 0 spiro atoms. The lowest BCUT2D eigenvalue weighted by molar-refractivity contribution is 0.628. The fourth-order valence-electron chi connectivity index (χ4n) is 1.40. The van der Waals surface area contributed by atoms with E-state index >= 15 is 0 Å². The van der Waals surface area contributed by atoms with Gasteiger partial charge in [-0.25, -0.2) is 10.2 Å². The average Bonchev–Trinajstić information content (AvgIpc) is 2.34. The zero-order chi connectivity index (χ0) is 12.7. The third-order valence-corrected chi connectivity index (χ3v) is 2.42. The number of aliphatic imine (C=N–C) groups is 1. The van der Waals surface area contributed by atoms with E-state index in [4.69, 9.17) is 5.84 Å². The van der Waals surface area contributed by atoms with Crippen molar-refractivity contribution >= 4 is 11.6 Å². The van der Waals surface area contributed by atoms with Gasteiger partial charge in [0.15, 0.2) is 0 Å². The van der Waals surface area contributed by atoms with Gasteiger partial charge < -0.3 is 4.90 Å². The predicted octanol–water partition coefficient (Wildman–Crippen LogP) is 1.88. The second-order valence-corrected chi connectivity index (χ2v) is 3.74. The first-order valence-corrected chi connectivity index (χ1v) is 5.69. The van der Waals surface area contributed by atoms with E-state index in [1.165, 1.54) is 12.1 Å². The van der Waals surface area contributed by atoms with Crippen molar-refractivity contribution in [3.05, 3.63) is 30.1 Å². The Bertz CT molecular complexity index is 379. The molecular formula is C12H19FN4. The molecule has 94 valence electrons. The normalized spacial score (nSPS) is 11.4. The van der Waals surface area contributed by atoms with Crippen molar-refractivity contribution < 1.29 is 4.39 Å². The minimum absolute atomic E-state index is 0.278. The number of hydrogen-bond acceptors (Lipinski definition) is 2. The number of halogens is 1. The lowest BCUT2D eigenvalue weighted by atomic mass is 10.3. The van der Waals surface area contributed by atoms with Gasteiger partial charge in [-0.3, -0.25) is 10.4 Å². The van der Waals surface area contributed by atoms with Crippen LogP contribution in [0.3, 0.4) is 0 Å². The van der Waals surface area contributed by atoms with Crippen LogP contribution in [0.15, 0.2) is 29.3 Å². The van der Waals surface area contributed by atoms with Gasteiger partial charge in [0, 0.05) is 19.3 Å². The summed E-state index contributed by atoms with van der Waals surface area (Å²) in [7, 11) is 1.79. The molecule has 0 heterocycles. The second kappa shape index (κ2) is 6.85. The van der Waals surface area contributed by atoms with E-state index in [0.29, 0.717) is 18.2 Å². The molecule has 0 saturated heterocycles. The van der Waals surface area contributed by atoms with Gasteiger partial charge >= 0.3 is 0 Å². The lowest BCUT2D eigenvalue weighted by Gasteiger charge is -2.20. The summed E-state index contributed by atoms with van der Waals surface area (Å²) in [4.78, 5) is 6.04. The molecule has 0 fully saturated rings. The van der Waals surface area contributed by atoms with E-state index in [9.17, 15) is 4.39 Å². The Morgan fingerprint density at radius 2 is 2.29 bits per heavy atom. The summed E-state index contributed by atoms with van der Waals surface area (Å²) in [6, 6.07) is 6.30. The van der Waals surface area contributed by atoms with E-state index in [2.05, 4.69) is 17.3 Å². The minimum Gasteiger partial charge on any atom is -0.315 e. The molecule has 1 rings (SSSR count). The smallest absolute Gasteiger partial charge is 0.212 e. The van der Waals surface area contributed by atoms with E-state index < -0.39 is 0 Å². The first kappa shape index (κ1) is 13.4. The third kappa shape index (κ3) is 4.03. The number of nitrogens with one attached hydrogen (secondary N) is 1. The van der Waals surface area contributed by atoms with Crippen molar-refractivity contribution in [2.24, 2.45) is 10.8 Å². The summed E-state index contributed by atoms with van der Waals surface area (Å²) in [5, 5.41) is 0. The number of nitrogens with two attached hydrogens (primary N) is 1. The van der Waals surface area contributed by atoms with Gasteiger partial charge in [0.2, 0.25) is 5.96 Å². The van der Waals surface area contributed by atoms with Gasteiger partial charge in [-0.15, -0.1) is 0 Å². The fourth-order valence-corrected chi connectivity index (χ4v) is 1.40. The Kier molecular flexibility index (Phi) is 5.42. The highest BCUT2D eigenvalue weighted by Gasteiger charge is 2.07. The highest BCUT2D eigenvalue weighted by molar-refractivity contribution is 5.95. The molecule has 4 nitrogen and oxygen atoms in total. The summed E-state index contributed by atoms with van der Waals surface area (Å²) >= 11 is 0. The average molecular weight is 238 g/mol. The molecule has 0 saturated carbocycles. The van der Waals surface area contributed by atoms with Crippen LogP contribution in [-0.2, 0) is 0 Å². The topological polar surface area (TPSA) is 53.6 Å². The van der Waals surface area contributed by atoms with Crippen molar-refractivity contribution in [2.45, 2.75) is 19.8 Å². The molecule has 0 aliphatic carbocycles. The van der Waals surface area contributed by atoms with Crippen LogP contribution in [0, 0.1) is 5.82 Å². The van der Waals surface area contributed by atoms with Crippen LogP contribution < -0.4 is 16.2 Å². The van der Waals surface area contributed by atoms with E-state index in [-0.39, 0.29) is 5.82 Å². The van der Waals surface area contributed by atoms with Gasteiger partial charge in [-0.05, 0) is 24.6 Å². The summed E-state index contributed by atoms with van der Waals surface area (Å²) in [5.41, 5.74) is 3.24. The molecule has 1 aromatic carbocycles. The van der Waals surface area contributed by atoms with Crippen LogP contribution >= 0.6 is 0 Å². The van der Waals surface area contributed by atoms with Crippen LogP contribution in [0.2, 0.25) is 0 Å². The van der Waals surface area contributed by atoms with Crippen LogP contribution in [0.4, 0.5) is 10.1 Å². The van der Waals surface area contributed by atoms with Gasteiger partial charge in [-0.1, -0.05) is 19.4 Å². The maximum absolute atomic E-state index is 13.1. The molecule has 0 atom stereocenters. The Hall–Kier alpha value is -1.62. The van der Waals surface area contributed by atoms with Crippen LogP contribution in [0.1, 0.15) is 19.8 Å². The number of benzene rings is 1. The fraction of sp³-hybridized carbons (Fsp3) is 0.417. The van der Waals surface area contributed by atoms with E-state index in [1.807, 2.05) is 0 Å². The molecule has 5 heteroatoms. The molecule has 0 radical (unpaired) electrons. The summed E-state index contributed by atoms with van der Waals surface area (Å²) in [6.45, 7) is 2.80. The van der Waals surface area contributed by atoms with Crippen molar-refractivity contribution in [1.29, 1.82) is 0 Å². The molecule has 0 amide bonds. The highest BCUT2D eigenvalue weighted by Crippen LogP contribution is 2.13. The molecule has 0 aliphatic heterocycles. The monoisotopic (exact) mass is 238 g/mol. The zero-order valence-electron chi connectivity index (χ0n) is 10.3. The Balaban J connectivity index is 2.78. The first-order chi connectivity index (χ1) is 8.19. The highest BCUT2D eigenvalue weighted by atomic mass is 19.1. The quantitative estimate of drug-likeness (QED) is 0.277. The maximum atomic E-state index is 13.1. The van der Waals surface area contributed by atoms with Crippen molar-refractivity contribution in [3.63, 3.8) is 0 Å². The number of nitrogens with zero attached hydrogens (tertiary/aromatic N) is 2. The van der Waals surface area contributed by atoms with E-state index in [1.54, 1.807) is 24.1 Å². The SMILES string of the molecule is CCCCN=C(NN)N(C)c1cccc(F)c1. The number of guanidine groups is 1. The standard InChI is InChI=1S/C12H19FN4/c1-3-4-8-15-12(16-14)17(2)11-7-5-6-10(13)9-11/h5-7,9H,3-4,8,14H2,1-2H3,(H,15,16). The zero-order valence-corrected chi connectivity index (χ0v) is 10.3. The lowest BCUT2D eigenvalue weighted by Crippen LogP contribution is -2.43. The predicted molar refractivity (Wildman–Crippen MR) is 69.3 cm³/mol. The van der Waals surface area contributed by atoms with Crippen LogP contribution in [0.5, 0.6) is 0 Å². The maximum Gasteiger partial charge on any atom is 0.212 e. The van der Waals surface area contributed by atoms with Crippen LogP contribution in [-0.4, -0.2) is 19.6 Å². The van der Waals surface area contributed by atoms with E-state index in [0.717, 1.165) is 12.8 Å². The van der Waals surface area contributed by atoms with Crippen molar-refractivity contribution in [1.82, 2.24) is 5.43 Å². The minimum atomic E-state index is -0.278. The Morgan fingerprint density at radius 3 is 2.88 bits per heavy atom. The first-order valence-electron chi connectivity index (χ1n) is 5.69. The molecule has 0 aromatic heterocycles. The Morgan fingerprint density at radius 1 is 1.53 bits per heavy atom. The molecule has 3 N–H and O–H groups in total. The number of rotatable bonds is 4. The van der Waals surface area contributed by atoms with Crippen LogP contribution in [0.25, 0.3) is 0 Å². The molecule has 17 heavy (non-hydrogen) atoms. The number of hydrogen-bond donors (Lipinski definition) is 2. The summed E-state index contributed by atoms with van der Waals surface area (Å²) in [5.74, 6) is 5.67. The summed E-state index contributed by atoms with van der Waals surface area (Å²) < 4.78 is 13.1. The van der Waals surface area contributed by atoms with Crippen molar-refractivity contribution in [3.8, 4) is 0 Å². The molecule has 0 aliphatic rings. The number of hydrazine groups is 1. The number of unbranched alkanes of at least 4 members (excludes halogenated alkanes) is 1. The number of anilines is 1. The van der Waals surface area contributed by atoms with Crippen molar-refractivity contribution in [2.75, 3.05) is 18.5 Å². The molecule has 0 unspecified atom stereocenters. The third-order valence-electron chi connectivity index (χ3n) is 2.42. The molecule has 1 aromatic rings. The van der Waals surface area contributed by atoms with Gasteiger partial charge in [0.25, 0.3) is 0 Å². The van der Waals surface area contributed by atoms with Gasteiger partial charge in [0.1, 0.15) is 5.82 Å². The summed E-state index contributed by atoms with van der Waals surface area (Å²) in [6.07, 6.45) is 2.08. The Labute approximate surface area is 101 Å². The molecule has 0 bridgehead atoms. The largest absolute Gasteiger partial charge is 0.315 e.